The van der Waals surface area contributed by atoms with Gasteiger partial charge >= 0.3 is 5.97 Å². The van der Waals surface area contributed by atoms with Gasteiger partial charge in [0, 0.05) is 19.2 Å². The Labute approximate surface area is 122 Å². The van der Waals surface area contributed by atoms with Gasteiger partial charge in [0.15, 0.2) is 0 Å². The Morgan fingerprint density at radius 2 is 2.14 bits per heavy atom. The van der Waals surface area contributed by atoms with Gasteiger partial charge in [-0.2, -0.15) is 0 Å². The van der Waals surface area contributed by atoms with Gasteiger partial charge in [0.05, 0.1) is 18.6 Å². The van der Waals surface area contributed by atoms with Crippen molar-refractivity contribution in [3.05, 3.63) is 35.6 Å². The average molecular weight is 297 g/mol. The molecular weight excluding hydrogens is 277 g/mol. The molecule has 0 aliphatic carbocycles. The molecule has 1 aliphatic heterocycles. The lowest BCUT2D eigenvalue weighted by molar-refractivity contribution is -0.138. The van der Waals surface area contributed by atoms with Crippen LogP contribution in [0.3, 0.4) is 0 Å². The maximum atomic E-state index is 12.9. The molecular formula is C15H20FNO4. The normalized spacial score (nSPS) is 21.1. The summed E-state index contributed by atoms with van der Waals surface area (Å²) in [6, 6.07) is 4.77. The Morgan fingerprint density at radius 1 is 1.43 bits per heavy atom. The number of halogens is 1. The van der Waals surface area contributed by atoms with Gasteiger partial charge in [-0.15, -0.1) is 0 Å². The predicted octanol–water partition coefficient (Wildman–Crippen LogP) is 1.47. The first-order chi connectivity index (χ1) is 10.1. The second kappa shape index (κ2) is 7.49. The van der Waals surface area contributed by atoms with Crippen molar-refractivity contribution in [2.45, 2.75) is 37.5 Å². The third-order valence-electron chi connectivity index (χ3n) is 3.62. The molecule has 6 heteroatoms. The van der Waals surface area contributed by atoms with Crippen LogP contribution in [0.5, 0.6) is 0 Å². The highest BCUT2D eigenvalue weighted by Gasteiger charge is 2.25. The Bertz CT molecular complexity index is 459. The van der Waals surface area contributed by atoms with Crippen LogP contribution in [0.15, 0.2) is 24.3 Å². The van der Waals surface area contributed by atoms with E-state index >= 15 is 0 Å². The summed E-state index contributed by atoms with van der Waals surface area (Å²) < 4.78 is 18.4. The summed E-state index contributed by atoms with van der Waals surface area (Å²) in [5.74, 6) is -1.39. The number of aliphatic hydroxyl groups is 1. The van der Waals surface area contributed by atoms with Gasteiger partial charge in [0.25, 0.3) is 0 Å². The van der Waals surface area contributed by atoms with Crippen LogP contribution in [0.25, 0.3) is 0 Å². The molecule has 5 nitrogen and oxygen atoms in total. The van der Waals surface area contributed by atoms with Gasteiger partial charge < -0.3 is 20.3 Å². The van der Waals surface area contributed by atoms with E-state index in [-0.39, 0.29) is 12.5 Å². The van der Waals surface area contributed by atoms with Crippen molar-refractivity contribution in [3.8, 4) is 0 Å². The van der Waals surface area contributed by atoms with Crippen molar-refractivity contribution in [1.29, 1.82) is 0 Å². The first-order valence-corrected chi connectivity index (χ1v) is 7.06. The number of carbonyl (C=O) groups is 1. The number of hydrogen-bond donors (Lipinski definition) is 3. The number of hydrogen-bond acceptors (Lipinski definition) is 4. The standard InChI is InChI=1S/C15H20FNO4/c16-11-5-3-10(4-6-11)15(20)13(8-14(18)19)17-9-12-2-1-7-21-12/h3-6,12-13,15,17,20H,1-2,7-9H2,(H,18,19). The van der Waals surface area contributed by atoms with E-state index in [0.717, 1.165) is 19.4 Å². The van der Waals surface area contributed by atoms with Crippen LogP contribution in [0.2, 0.25) is 0 Å². The fourth-order valence-corrected chi connectivity index (χ4v) is 2.46. The fourth-order valence-electron chi connectivity index (χ4n) is 2.46. The molecule has 0 bridgehead atoms. The van der Waals surface area contributed by atoms with E-state index in [1.807, 2.05) is 0 Å². The van der Waals surface area contributed by atoms with Gasteiger partial charge in [0.2, 0.25) is 0 Å². The monoisotopic (exact) mass is 297 g/mol. The molecule has 21 heavy (non-hydrogen) atoms. The molecule has 1 saturated heterocycles. The molecule has 1 fully saturated rings. The Hall–Kier alpha value is -1.50. The average Bonchev–Trinajstić information content (AvgIpc) is 2.96. The number of rotatable bonds is 7. The Morgan fingerprint density at radius 3 is 2.71 bits per heavy atom. The predicted molar refractivity (Wildman–Crippen MR) is 74.4 cm³/mol. The number of aliphatic carboxylic acids is 1. The molecule has 0 radical (unpaired) electrons. The lowest BCUT2D eigenvalue weighted by Gasteiger charge is -2.24. The van der Waals surface area contributed by atoms with Crippen molar-refractivity contribution in [2.24, 2.45) is 0 Å². The summed E-state index contributed by atoms with van der Waals surface area (Å²) in [6.07, 6.45) is 0.756. The minimum absolute atomic E-state index is 0.0571. The smallest absolute Gasteiger partial charge is 0.305 e. The number of aliphatic hydroxyl groups excluding tert-OH is 1. The van der Waals surface area contributed by atoms with Gasteiger partial charge in [-0.25, -0.2) is 4.39 Å². The SMILES string of the molecule is O=C(O)CC(NCC1CCCO1)C(O)c1ccc(F)cc1. The summed E-state index contributed by atoms with van der Waals surface area (Å²) in [7, 11) is 0. The van der Waals surface area contributed by atoms with E-state index < -0.39 is 23.9 Å². The number of carboxylic acid groups (broad SMARTS) is 1. The van der Waals surface area contributed by atoms with E-state index in [9.17, 15) is 14.3 Å². The summed E-state index contributed by atoms with van der Waals surface area (Å²) >= 11 is 0. The van der Waals surface area contributed by atoms with Crippen LogP contribution >= 0.6 is 0 Å². The zero-order chi connectivity index (χ0) is 15.2. The molecule has 3 atom stereocenters. The maximum absolute atomic E-state index is 12.9. The van der Waals surface area contributed by atoms with E-state index in [2.05, 4.69) is 5.32 Å². The number of carboxylic acids is 1. The highest BCUT2D eigenvalue weighted by atomic mass is 19.1. The molecule has 1 aromatic rings. The van der Waals surface area contributed by atoms with Gasteiger partial charge in [-0.05, 0) is 30.5 Å². The van der Waals surface area contributed by atoms with E-state index in [1.54, 1.807) is 0 Å². The van der Waals surface area contributed by atoms with E-state index in [4.69, 9.17) is 9.84 Å². The molecule has 116 valence electrons. The summed E-state index contributed by atoms with van der Waals surface area (Å²) in [6.45, 7) is 1.21. The number of nitrogens with one attached hydrogen (secondary N) is 1. The Kier molecular flexibility index (Phi) is 5.67. The highest BCUT2D eigenvalue weighted by molar-refractivity contribution is 5.67. The molecule has 0 amide bonds. The third kappa shape index (κ3) is 4.77. The Balaban J connectivity index is 1.99. The molecule has 0 aromatic heterocycles. The van der Waals surface area contributed by atoms with Crippen molar-refractivity contribution in [3.63, 3.8) is 0 Å². The number of ether oxygens (including phenoxy) is 1. The van der Waals surface area contributed by atoms with Crippen LogP contribution in [0.1, 0.15) is 30.9 Å². The molecule has 3 N–H and O–H groups in total. The summed E-state index contributed by atoms with van der Waals surface area (Å²) in [5, 5.41) is 22.3. The van der Waals surface area contributed by atoms with E-state index in [1.165, 1.54) is 24.3 Å². The van der Waals surface area contributed by atoms with Gasteiger partial charge in [-0.1, -0.05) is 12.1 Å². The van der Waals surface area contributed by atoms with Gasteiger partial charge in [-0.3, -0.25) is 4.79 Å². The topological polar surface area (TPSA) is 78.8 Å². The third-order valence-corrected chi connectivity index (χ3v) is 3.62. The summed E-state index contributed by atoms with van der Waals surface area (Å²) in [4.78, 5) is 11.0. The van der Waals surface area contributed by atoms with Crippen molar-refractivity contribution >= 4 is 5.97 Å². The van der Waals surface area contributed by atoms with Gasteiger partial charge in [0.1, 0.15) is 5.82 Å². The molecule has 1 aromatic carbocycles. The first-order valence-electron chi connectivity index (χ1n) is 7.06. The molecule has 1 aliphatic rings. The fraction of sp³-hybridized carbons (Fsp3) is 0.533. The zero-order valence-electron chi connectivity index (χ0n) is 11.7. The van der Waals surface area contributed by atoms with Crippen molar-refractivity contribution in [2.75, 3.05) is 13.2 Å². The molecule has 0 spiro atoms. The van der Waals surface area contributed by atoms with E-state index in [0.29, 0.717) is 12.1 Å². The lowest BCUT2D eigenvalue weighted by Crippen LogP contribution is -2.41. The zero-order valence-corrected chi connectivity index (χ0v) is 11.7. The quantitative estimate of drug-likeness (QED) is 0.710. The second-order valence-corrected chi connectivity index (χ2v) is 5.24. The minimum Gasteiger partial charge on any atom is -0.481 e. The largest absolute Gasteiger partial charge is 0.481 e. The molecule has 2 rings (SSSR count). The van der Waals surface area contributed by atoms with Crippen LogP contribution < -0.4 is 5.32 Å². The van der Waals surface area contributed by atoms with Crippen LogP contribution in [-0.2, 0) is 9.53 Å². The van der Waals surface area contributed by atoms with Crippen molar-refractivity contribution in [1.82, 2.24) is 5.32 Å². The molecule has 1 heterocycles. The van der Waals surface area contributed by atoms with Crippen molar-refractivity contribution < 1.29 is 24.1 Å². The minimum atomic E-state index is -1.01. The first kappa shape index (κ1) is 15.9. The highest BCUT2D eigenvalue weighted by Crippen LogP contribution is 2.20. The lowest BCUT2D eigenvalue weighted by atomic mass is 9.99. The summed E-state index contributed by atoms with van der Waals surface area (Å²) in [5.41, 5.74) is 0.488. The van der Waals surface area contributed by atoms with Crippen LogP contribution in [-0.4, -0.2) is 41.5 Å². The maximum Gasteiger partial charge on any atom is 0.305 e. The number of benzene rings is 1. The van der Waals surface area contributed by atoms with Crippen LogP contribution in [0, 0.1) is 5.82 Å². The molecule has 3 unspecified atom stereocenters. The van der Waals surface area contributed by atoms with Crippen LogP contribution in [0.4, 0.5) is 4.39 Å². The second-order valence-electron chi connectivity index (χ2n) is 5.24. The molecule has 0 saturated carbocycles.